The van der Waals surface area contributed by atoms with E-state index >= 15 is 0 Å². The van der Waals surface area contributed by atoms with Crippen LogP contribution in [0.1, 0.15) is 43.4 Å². The van der Waals surface area contributed by atoms with E-state index in [1.807, 2.05) is 13.0 Å². The number of benzene rings is 2. The SMILES string of the molecule is C[C@H](N)CCCc1cc(SC(F)(F)F)cc(-c2cc3cn(-c4ccc([C@H](CF)NCCCN=C(N)N)cc4)c(=O)nc3[nH]2)c1. The highest BCUT2D eigenvalue weighted by Crippen LogP contribution is 2.39. The topological polar surface area (TPSA) is 153 Å². The number of aromatic nitrogens is 3. The lowest BCUT2D eigenvalue weighted by Gasteiger charge is -2.16. The largest absolute Gasteiger partial charge is 0.446 e. The summed E-state index contributed by atoms with van der Waals surface area (Å²) in [5.41, 5.74) is 14.9. The molecule has 4 aromatic rings. The summed E-state index contributed by atoms with van der Waals surface area (Å²) in [7, 11) is 0. The quantitative estimate of drug-likeness (QED) is 0.0435. The zero-order chi connectivity index (χ0) is 31.9. The Kier molecular flexibility index (Phi) is 11.1. The van der Waals surface area contributed by atoms with Crippen molar-refractivity contribution in [2.45, 2.75) is 55.1 Å². The molecule has 9 nitrogen and oxygen atoms in total. The fraction of sp³-hybridized carbons (Fsp3) is 0.367. The van der Waals surface area contributed by atoms with Crippen molar-refractivity contribution in [1.29, 1.82) is 0 Å². The fourth-order valence-electron chi connectivity index (χ4n) is 4.81. The molecule has 44 heavy (non-hydrogen) atoms. The van der Waals surface area contributed by atoms with Gasteiger partial charge in [-0.15, -0.1) is 0 Å². The summed E-state index contributed by atoms with van der Waals surface area (Å²) in [5.74, 6) is 0.00792. The lowest BCUT2D eigenvalue weighted by atomic mass is 10.0. The van der Waals surface area contributed by atoms with Crippen LogP contribution in [0.25, 0.3) is 28.0 Å². The molecule has 236 valence electrons. The third-order valence-electron chi connectivity index (χ3n) is 6.89. The van der Waals surface area contributed by atoms with E-state index in [-0.39, 0.29) is 28.7 Å². The molecule has 0 saturated heterocycles. The van der Waals surface area contributed by atoms with Crippen LogP contribution in [0.3, 0.4) is 0 Å². The standard InChI is InChI=1S/C30H36F4N8OS/c1-18(35)4-2-5-19-12-21(14-24(13-19)44-30(32,33)34)25-15-22-17-42(29(43)41-27(22)40-25)23-8-6-20(7-9-23)26(16-31)38-10-3-11-39-28(36)37/h6-9,12-15,17-18,26,38H,2-5,10-11,16,35H2,1H3,(H4,36,37,39)(H,40,41,43)/t18-,26-/m0/s1. The van der Waals surface area contributed by atoms with Crippen molar-refractivity contribution in [2.75, 3.05) is 19.8 Å². The van der Waals surface area contributed by atoms with Crippen LogP contribution >= 0.6 is 11.8 Å². The summed E-state index contributed by atoms with van der Waals surface area (Å²) >= 11 is -0.166. The summed E-state index contributed by atoms with van der Waals surface area (Å²) in [6.45, 7) is 2.20. The van der Waals surface area contributed by atoms with Crippen molar-refractivity contribution in [3.8, 4) is 16.9 Å². The summed E-state index contributed by atoms with van der Waals surface area (Å²) < 4.78 is 54.8. The summed E-state index contributed by atoms with van der Waals surface area (Å²) in [5, 5.41) is 3.73. The highest BCUT2D eigenvalue weighted by molar-refractivity contribution is 8.00. The van der Waals surface area contributed by atoms with Gasteiger partial charge in [0.25, 0.3) is 0 Å². The van der Waals surface area contributed by atoms with Crippen LogP contribution in [0.2, 0.25) is 0 Å². The number of H-pyrrole nitrogens is 1. The number of halogens is 4. The highest BCUT2D eigenvalue weighted by Gasteiger charge is 2.29. The monoisotopic (exact) mass is 632 g/mol. The van der Waals surface area contributed by atoms with E-state index in [4.69, 9.17) is 17.2 Å². The average molecular weight is 633 g/mol. The number of nitrogens with two attached hydrogens (primary N) is 3. The molecule has 0 unspecified atom stereocenters. The molecule has 2 aromatic carbocycles. The summed E-state index contributed by atoms with van der Waals surface area (Å²) in [6.07, 6.45) is 4.32. The summed E-state index contributed by atoms with van der Waals surface area (Å²) in [6, 6.07) is 12.9. The lowest BCUT2D eigenvalue weighted by molar-refractivity contribution is -0.0328. The molecule has 2 heterocycles. The van der Waals surface area contributed by atoms with Crippen LogP contribution in [0.4, 0.5) is 17.6 Å². The third-order valence-corrected chi connectivity index (χ3v) is 7.59. The first kappa shape index (κ1) is 33.0. The molecule has 0 aliphatic rings. The molecule has 0 aliphatic carbocycles. The van der Waals surface area contributed by atoms with Gasteiger partial charge in [-0.25, -0.2) is 9.18 Å². The average Bonchev–Trinajstić information content (AvgIpc) is 3.36. The molecule has 14 heteroatoms. The lowest BCUT2D eigenvalue weighted by Crippen LogP contribution is -2.26. The molecule has 2 atom stereocenters. The Labute approximate surface area is 256 Å². The smallest absolute Gasteiger partial charge is 0.370 e. The molecule has 8 N–H and O–H groups in total. The number of hydrogen-bond acceptors (Lipinski definition) is 6. The Morgan fingerprint density at radius 1 is 1.14 bits per heavy atom. The van der Waals surface area contributed by atoms with Crippen molar-refractivity contribution in [3.63, 3.8) is 0 Å². The molecule has 0 bridgehead atoms. The molecule has 0 fully saturated rings. The Morgan fingerprint density at radius 2 is 1.89 bits per heavy atom. The van der Waals surface area contributed by atoms with Gasteiger partial charge in [0.2, 0.25) is 0 Å². The maximum absolute atomic E-state index is 13.7. The van der Waals surface area contributed by atoms with Gasteiger partial charge in [0.15, 0.2) is 5.96 Å². The van der Waals surface area contributed by atoms with Gasteiger partial charge in [0.1, 0.15) is 12.3 Å². The first-order valence-electron chi connectivity index (χ1n) is 14.1. The Hall–Kier alpha value is -3.88. The maximum Gasteiger partial charge on any atom is 0.446 e. The number of alkyl halides is 4. The van der Waals surface area contributed by atoms with Gasteiger partial charge in [-0.2, -0.15) is 18.2 Å². The minimum Gasteiger partial charge on any atom is -0.370 e. The van der Waals surface area contributed by atoms with Crippen LogP contribution in [-0.4, -0.2) is 51.8 Å². The zero-order valence-electron chi connectivity index (χ0n) is 24.2. The Balaban J connectivity index is 1.57. The molecule has 2 aromatic heterocycles. The van der Waals surface area contributed by atoms with E-state index < -0.39 is 23.9 Å². The van der Waals surface area contributed by atoms with Crippen molar-refractivity contribution >= 4 is 28.8 Å². The molecule has 0 amide bonds. The van der Waals surface area contributed by atoms with E-state index in [0.717, 1.165) is 18.4 Å². The van der Waals surface area contributed by atoms with Gasteiger partial charge in [-0.1, -0.05) is 12.1 Å². The van der Waals surface area contributed by atoms with Crippen molar-refractivity contribution in [1.82, 2.24) is 19.9 Å². The minimum atomic E-state index is -4.43. The van der Waals surface area contributed by atoms with Gasteiger partial charge in [0.05, 0.1) is 11.7 Å². The van der Waals surface area contributed by atoms with Crippen LogP contribution in [0.15, 0.2) is 69.4 Å². The molecule has 0 saturated carbocycles. The van der Waals surface area contributed by atoms with Gasteiger partial charge >= 0.3 is 11.2 Å². The number of hydrogen-bond donors (Lipinski definition) is 5. The predicted octanol–water partition coefficient (Wildman–Crippen LogP) is 4.93. The molecular weight excluding hydrogens is 596 g/mol. The first-order valence-corrected chi connectivity index (χ1v) is 15.0. The van der Waals surface area contributed by atoms with Crippen molar-refractivity contribution in [3.05, 3.63) is 76.3 Å². The number of nitrogens with one attached hydrogen (secondary N) is 2. The number of nitrogens with zero attached hydrogens (tertiary/aromatic N) is 3. The van der Waals surface area contributed by atoms with Gasteiger partial charge in [0, 0.05) is 34.8 Å². The number of guanidine groups is 1. The fourth-order valence-corrected chi connectivity index (χ4v) is 5.47. The van der Waals surface area contributed by atoms with E-state index in [0.29, 0.717) is 59.5 Å². The van der Waals surface area contributed by atoms with E-state index in [1.54, 1.807) is 42.6 Å². The zero-order valence-corrected chi connectivity index (χ0v) is 25.0. The highest BCUT2D eigenvalue weighted by atomic mass is 32.2. The second-order valence-electron chi connectivity index (χ2n) is 10.6. The second-order valence-corrected chi connectivity index (χ2v) is 11.7. The third kappa shape index (κ3) is 9.31. The number of aromatic amines is 1. The molecule has 4 rings (SSSR count). The van der Waals surface area contributed by atoms with Crippen LogP contribution in [0.5, 0.6) is 0 Å². The van der Waals surface area contributed by atoms with Gasteiger partial charge in [-0.05, 0) is 104 Å². The Bertz CT molecular complexity index is 1630. The molecule has 0 spiro atoms. The molecule has 0 radical (unpaired) electrons. The van der Waals surface area contributed by atoms with Crippen LogP contribution < -0.4 is 28.2 Å². The van der Waals surface area contributed by atoms with Crippen LogP contribution in [-0.2, 0) is 6.42 Å². The maximum atomic E-state index is 13.7. The predicted molar refractivity (Wildman–Crippen MR) is 168 cm³/mol. The minimum absolute atomic E-state index is 0.000780. The van der Waals surface area contributed by atoms with Crippen LogP contribution in [0, 0.1) is 0 Å². The number of fused-ring (bicyclic) bond motifs is 1. The molecule has 0 aliphatic heterocycles. The molecular formula is C30H36F4N8OS. The number of aryl methyl sites for hydroxylation is 1. The van der Waals surface area contributed by atoms with Gasteiger partial charge < -0.3 is 27.5 Å². The van der Waals surface area contributed by atoms with Crippen molar-refractivity contribution < 1.29 is 17.6 Å². The second kappa shape index (κ2) is 14.7. The summed E-state index contributed by atoms with van der Waals surface area (Å²) in [4.78, 5) is 24.2. The van der Waals surface area contributed by atoms with E-state index in [1.165, 1.54) is 10.6 Å². The van der Waals surface area contributed by atoms with E-state index in [9.17, 15) is 22.4 Å². The van der Waals surface area contributed by atoms with Crippen molar-refractivity contribution in [2.24, 2.45) is 22.2 Å². The number of rotatable bonds is 14. The van der Waals surface area contributed by atoms with E-state index in [2.05, 4.69) is 20.3 Å². The Morgan fingerprint density at radius 3 is 2.55 bits per heavy atom. The van der Waals surface area contributed by atoms with Gasteiger partial charge in [-0.3, -0.25) is 9.56 Å². The first-order chi connectivity index (χ1) is 20.9. The normalized spacial score (nSPS) is 13.2. The number of thioether (sulfide) groups is 1. The number of aliphatic imine (C=N–C) groups is 1.